The summed E-state index contributed by atoms with van der Waals surface area (Å²) in [6.45, 7) is 4.23. The highest BCUT2D eigenvalue weighted by atomic mass is 32.2. The Hall–Kier alpha value is -2.82. The largest absolute Gasteiger partial charge is 0.494 e. The predicted octanol–water partition coefficient (Wildman–Crippen LogP) is 5.36. The number of ether oxygens (including phenoxy) is 1. The van der Waals surface area contributed by atoms with Crippen molar-refractivity contribution < 1.29 is 14.9 Å². The van der Waals surface area contributed by atoms with Gasteiger partial charge in [0.05, 0.1) is 23.4 Å². The molecule has 0 saturated heterocycles. The van der Waals surface area contributed by atoms with Crippen LogP contribution in [0.25, 0.3) is 22.2 Å². The summed E-state index contributed by atoms with van der Waals surface area (Å²) in [4.78, 5) is 0. The van der Waals surface area contributed by atoms with Crippen LogP contribution in [0, 0.1) is 11.3 Å². The summed E-state index contributed by atoms with van der Waals surface area (Å²) in [5.41, 5.74) is 10.4. The van der Waals surface area contributed by atoms with Crippen molar-refractivity contribution >= 4 is 27.7 Å². The van der Waals surface area contributed by atoms with E-state index >= 15 is 0 Å². The number of hydrogen-bond donors (Lipinski definition) is 2. The molecular weight excluding hydrogens is 398 g/mol. The number of nitriles is 1. The zero-order valence-corrected chi connectivity index (χ0v) is 18.1. The third-order valence-electron chi connectivity index (χ3n) is 5.27. The quantitative estimate of drug-likeness (QED) is 0.422. The van der Waals surface area contributed by atoms with E-state index in [0.717, 1.165) is 46.4 Å². The lowest BCUT2D eigenvalue weighted by Gasteiger charge is -2.30. The van der Waals surface area contributed by atoms with Crippen LogP contribution in [0.5, 0.6) is 5.75 Å². The Morgan fingerprint density at radius 3 is 2.43 bits per heavy atom. The minimum atomic E-state index is -1.57. The first-order chi connectivity index (χ1) is 14.5. The Morgan fingerprint density at radius 2 is 1.93 bits per heavy atom. The van der Waals surface area contributed by atoms with Crippen LogP contribution in [0.2, 0.25) is 0 Å². The second kappa shape index (κ2) is 9.79. The van der Waals surface area contributed by atoms with Crippen LogP contribution in [0.1, 0.15) is 46.1 Å². The van der Waals surface area contributed by atoms with Crippen molar-refractivity contribution in [3.63, 3.8) is 0 Å². The van der Waals surface area contributed by atoms with Crippen LogP contribution in [0.3, 0.4) is 0 Å². The molecule has 1 aromatic heterocycles. The van der Waals surface area contributed by atoms with E-state index in [9.17, 15) is 9.47 Å². The molecule has 0 amide bonds. The average molecular weight is 428 g/mol. The van der Waals surface area contributed by atoms with E-state index in [0.29, 0.717) is 24.0 Å². The molecule has 3 aromatic rings. The summed E-state index contributed by atoms with van der Waals surface area (Å²) in [7, 11) is 0. The highest BCUT2D eigenvalue weighted by Crippen LogP contribution is 2.43. The molecule has 0 radical (unpaired) electrons. The summed E-state index contributed by atoms with van der Waals surface area (Å²) < 4.78 is 25.3. The van der Waals surface area contributed by atoms with Crippen LogP contribution >= 0.6 is 0 Å². The van der Waals surface area contributed by atoms with Crippen molar-refractivity contribution in [2.75, 3.05) is 18.1 Å². The smallest absolute Gasteiger partial charge is 0.152 e. The van der Waals surface area contributed by atoms with Crippen LogP contribution in [-0.2, 0) is 11.1 Å². The zero-order chi connectivity index (χ0) is 21.7. The predicted molar refractivity (Wildman–Crippen MR) is 124 cm³/mol. The van der Waals surface area contributed by atoms with Crippen molar-refractivity contribution in [2.24, 2.45) is 0 Å². The lowest BCUT2D eigenvalue weighted by Crippen LogP contribution is -2.17. The van der Waals surface area contributed by atoms with Gasteiger partial charge < -0.3 is 19.6 Å². The molecular formula is C23H29N3O3S. The van der Waals surface area contributed by atoms with Crippen molar-refractivity contribution in [1.29, 1.82) is 5.26 Å². The number of nitrogens with two attached hydrogens (primary N) is 1. The number of benzene rings is 2. The minimum absolute atomic E-state index is 0. The minimum Gasteiger partial charge on any atom is -0.494 e. The normalized spacial score (nSPS) is 14.3. The van der Waals surface area contributed by atoms with Gasteiger partial charge in [-0.15, -0.1) is 0 Å². The molecule has 0 spiro atoms. The van der Waals surface area contributed by atoms with E-state index in [-0.39, 0.29) is 1.43 Å². The van der Waals surface area contributed by atoms with Gasteiger partial charge in [0.15, 0.2) is 11.1 Å². The number of nitrogen functional groups attached to an aromatic ring is 1. The summed E-state index contributed by atoms with van der Waals surface area (Å²) in [6, 6.07) is 16.8. The lowest BCUT2D eigenvalue weighted by molar-refractivity contribution is 0.324. The first-order valence-corrected chi connectivity index (χ1v) is 11.4. The fraction of sp³-hybridized carbons (Fsp3) is 0.348. The van der Waals surface area contributed by atoms with Gasteiger partial charge in [-0.05, 0) is 62.1 Å². The highest BCUT2D eigenvalue weighted by molar-refractivity contribution is 7.79. The lowest BCUT2D eigenvalue weighted by atomic mass is 9.92. The molecule has 1 aliphatic rings. The first kappa shape index (κ1) is 21.9. The molecule has 7 heteroatoms. The summed E-state index contributed by atoms with van der Waals surface area (Å²) >= 11 is -1.57. The van der Waals surface area contributed by atoms with E-state index < -0.39 is 11.1 Å². The van der Waals surface area contributed by atoms with Gasteiger partial charge in [0.2, 0.25) is 0 Å². The van der Waals surface area contributed by atoms with Crippen LogP contribution in [0.15, 0.2) is 42.5 Å². The summed E-state index contributed by atoms with van der Waals surface area (Å²) in [6.07, 6.45) is 3.55. The zero-order valence-electron chi connectivity index (χ0n) is 17.3. The number of nitrogens with zero attached hydrogens (tertiary/aromatic N) is 2. The maximum Gasteiger partial charge on any atom is 0.152 e. The van der Waals surface area contributed by atoms with Gasteiger partial charge in [0.25, 0.3) is 0 Å². The van der Waals surface area contributed by atoms with Crippen LogP contribution in [0.4, 0.5) is 5.69 Å². The maximum absolute atomic E-state index is 9.91. The van der Waals surface area contributed by atoms with E-state index in [2.05, 4.69) is 16.7 Å². The standard InChI is InChI=1S/C21H21N3O.C2H6O2S.H2/c1-2-25-17-10-11-20-18(12-17)19(13-22)21(24(20)16-4-3-5-16)14-6-8-15(23)9-7-14;1-2-5(3)4;/h6-12,16H,2-5,23H2,1H3;2H2,1H3,(H,3,4);1H. The third-order valence-corrected chi connectivity index (χ3v) is 5.76. The third kappa shape index (κ3) is 4.50. The Balaban J connectivity index is 0.000000514. The summed E-state index contributed by atoms with van der Waals surface area (Å²) in [5, 5.41) is 10.9. The van der Waals surface area contributed by atoms with Crippen molar-refractivity contribution in [2.45, 2.75) is 39.2 Å². The Kier molecular flexibility index (Phi) is 7.14. The Morgan fingerprint density at radius 1 is 1.27 bits per heavy atom. The topological polar surface area (TPSA) is 101 Å². The van der Waals surface area contributed by atoms with Gasteiger partial charge in [-0.2, -0.15) is 5.26 Å². The molecule has 1 fully saturated rings. The van der Waals surface area contributed by atoms with Crippen molar-refractivity contribution in [1.82, 2.24) is 4.57 Å². The van der Waals surface area contributed by atoms with Gasteiger partial charge >= 0.3 is 0 Å². The molecule has 1 unspecified atom stereocenters. The van der Waals surface area contributed by atoms with Crippen molar-refractivity contribution in [3.05, 3.63) is 48.0 Å². The molecule has 1 heterocycles. The van der Waals surface area contributed by atoms with Crippen molar-refractivity contribution in [3.8, 4) is 23.1 Å². The molecule has 6 nitrogen and oxygen atoms in total. The number of rotatable bonds is 5. The maximum atomic E-state index is 9.91. The molecule has 4 rings (SSSR count). The Labute approximate surface area is 181 Å². The van der Waals surface area contributed by atoms with Gasteiger partial charge in [-0.3, -0.25) is 0 Å². The number of anilines is 1. The molecule has 160 valence electrons. The van der Waals surface area contributed by atoms with E-state index in [4.69, 9.17) is 15.0 Å². The number of hydrogen-bond acceptors (Lipinski definition) is 4. The fourth-order valence-electron chi connectivity index (χ4n) is 3.61. The van der Waals surface area contributed by atoms with Gasteiger partial charge in [-0.25, -0.2) is 4.21 Å². The van der Waals surface area contributed by atoms with Crippen LogP contribution in [-0.4, -0.2) is 25.7 Å². The molecule has 30 heavy (non-hydrogen) atoms. The van der Waals surface area contributed by atoms with Gasteiger partial charge in [-0.1, -0.05) is 19.1 Å². The first-order valence-electron chi connectivity index (χ1n) is 10.1. The fourth-order valence-corrected chi connectivity index (χ4v) is 3.61. The van der Waals surface area contributed by atoms with E-state index in [1.165, 1.54) is 6.42 Å². The molecule has 2 aromatic carbocycles. The molecule has 1 saturated carbocycles. The van der Waals surface area contributed by atoms with Gasteiger partial charge in [0, 0.05) is 24.3 Å². The molecule has 1 atom stereocenters. The molecule has 0 bridgehead atoms. The van der Waals surface area contributed by atoms with Gasteiger partial charge in [0.1, 0.15) is 11.8 Å². The monoisotopic (exact) mass is 427 g/mol. The van der Waals surface area contributed by atoms with Crippen LogP contribution < -0.4 is 10.5 Å². The number of fused-ring (bicyclic) bond motifs is 1. The average Bonchev–Trinajstić information content (AvgIpc) is 3.01. The second-order valence-electron chi connectivity index (χ2n) is 7.13. The van der Waals surface area contributed by atoms with E-state index in [1.54, 1.807) is 6.92 Å². The SMILES string of the molecule is CCOc1ccc2c(c1)c(C#N)c(-c1ccc(N)cc1)n2C1CCC1.CCS(=O)O.[HH]. The Bertz CT molecular complexity index is 1090. The molecule has 3 N–H and O–H groups in total. The highest BCUT2D eigenvalue weighted by Gasteiger charge is 2.27. The number of aromatic nitrogens is 1. The van der Waals surface area contributed by atoms with E-state index in [1.807, 2.05) is 43.3 Å². The second-order valence-corrected chi connectivity index (χ2v) is 8.35. The molecule has 1 aliphatic carbocycles. The summed E-state index contributed by atoms with van der Waals surface area (Å²) in [5.74, 6) is 1.14. The molecule has 0 aliphatic heterocycles.